The van der Waals surface area contributed by atoms with Crippen LogP contribution in [0.2, 0.25) is 0 Å². The molecular formula is C68H83BN2. The van der Waals surface area contributed by atoms with Crippen molar-refractivity contribution >= 4 is 57.2 Å². The summed E-state index contributed by atoms with van der Waals surface area (Å²) >= 11 is 0. The van der Waals surface area contributed by atoms with Crippen molar-refractivity contribution in [3.63, 3.8) is 0 Å². The first-order valence-electron chi connectivity index (χ1n) is 28.7. The highest BCUT2D eigenvalue weighted by Gasteiger charge is 2.68. The molecule has 0 N–H and O–H groups in total. The molecular weight excluding hydrogens is 856 g/mol. The van der Waals surface area contributed by atoms with Gasteiger partial charge in [-0.2, -0.15) is 0 Å². The Balaban J connectivity index is 1.09. The highest BCUT2D eigenvalue weighted by atomic mass is 15.2. The Labute approximate surface area is 429 Å². The molecule has 0 atom stereocenters. The fraction of sp³-hybridized carbons (Fsp3) is 0.559. The zero-order chi connectivity index (χ0) is 49.5. The number of hydrogen-bond donors (Lipinski definition) is 0. The number of benzene rings is 5. The molecule has 0 radical (unpaired) electrons. The van der Waals surface area contributed by atoms with Gasteiger partial charge in [0.1, 0.15) is 0 Å². The predicted octanol–water partition coefficient (Wildman–Crippen LogP) is 16.0. The van der Waals surface area contributed by atoms with Crippen molar-refractivity contribution in [3.05, 3.63) is 124 Å². The van der Waals surface area contributed by atoms with Gasteiger partial charge in [0.25, 0.3) is 6.71 Å². The van der Waals surface area contributed by atoms with E-state index in [1.165, 1.54) is 126 Å². The van der Waals surface area contributed by atoms with E-state index in [1.54, 1.807) is 27.8 Å². The Hall–Kier alpha value is -4.24. The minimum absolute atomic E-state index is 0.00749. The molecule has 0 spiro atoms. The van der Waals surface area contributed by atoms with E-state index >= 15 is 0 Å². The van der Waals surface area contributed by atoms with Gasteiger partial charge in [-0.25, -0.2) is 0 Å². The van der Waals surface area contributed by atoms with Gasteiger partial charge in [-0.1, -0.05) is 133 Å². The van der Waals surface area contributed by atoms with Gasteiger partial charge in [0.2, 0.25) is 0 Å². The lowest BCUT2D eigenvalue weighted by molar-refractivity contribution is -0.212. The van der Waals surface area contributed by atoms with E-state index in [2.05, 4.69) is 192 Å². The molecule has 7 fully saturated rings. The van der Waals surface area contributed by atoms with Crippen molar-refractivity contribution in [1.29, 1.82) is 0 Å². The molecule has 9 aliphatic carbocycles. The smallest absolute Gasteiger partial charge is 0.252 e. The third-order valence-corrected chi connectivity index (χ3v) is 22.6. The van der Waals surface area contributed by atoms with Crippen molar-refractivity contribution in [1.82, 2.24) is 0 Å². The fourth-order valence-corrected chi connectivity index (χ4v) is 18.5. The quantitative estimate of drug-likeness (QED) is 0.163. The monoisotopic (exact) mass is 939 g/mol. The standard InChI is InChI=1S/C68H83BN2/c1-62(2,3)40-15-18-43(19-16-40)70-57-22-17-41(63(4,5)6)30-55(57)69-56-34-53-54(67(13,14)26-25-66(53,11)12)35-58(56)71(44-20-21-51-52(33-44)65(9,10)24-23-64(51,7)8)60-32-42(31-59(70)61(60)69)68-36-48-45-27-39-28-46(48)50(38-68)47(29-39)49(45)37-68/h15-22,30-35,39,45-50H,23-29,36-38H2,1-14H3. The normalized spacial score (nSPS) is 31.2. The van der Waals surface area contributed by atoms with Crippen LogP contribution in [0.1, 0.15) is 200 Å². The van der Waals surface area contributed by atoms with Crippen LogP contribution in [0.4, 0.5) is 34.1 Å². The van der Waals surface area contributed by atoms with E-state index in [1.807, 2.05) is 0 Å². The molecule has 0 unspecified atom stereocenters. The summed E-state index contributed by atoms with van der Waals surface area (Å²) < 4.78 is 0. The summed E-state index contributed by atoms with van der Waals surface area (Å²) in [6.07, 6.45) is 13.6. The maximum Gasteiger partial charge on any atom is 0.252 e. The molecule has 368 valence electrons. The molecule has 71 heavy (non-hydrogen) atoms. The first kappa shape index (κ1) is 45.4. The largest absolute Gasteiger partial charge is 0.311 e. The molecule has 0 saturated heterocycles. The number of nitrogens with zero attached hydrogens (tertiary/aromatic N) is 2. The second-order valence-corrected chi connectivity index (χ2v) is 30.5. The number of rotatable bonds is 3. The van der Waals surface area contributed by atoms with Crippen molar-refractivity contribution in [3.8, 4) is 0 Å². The maximum atomic E-state index is 2.86. The molecule has 0 amide bonds. The van der Waals surface area contributed by atoms with Crippen LogP contribution in [0, 0.1) is 41.4 Å². The van der Waals surface area contributed by atoms with Gasteiger partial charge >= 0.3 is 0 Å². The Morgan fingerprint density at radius 1 is 0.423 bits per heavy atom. The van der Waals surface area contributed by atoms with Gasteiger partial charge < -0.3 is 9.80 Å². The number of anilines is 6. The van der Waals surface area contributed by atoms with Gasteiger partial charge in [0, 0.05) is 34.1 Å². The molecule has 5 aromatic carbocycles. The van der Waals surface area contributed by atoms with E-state index in [9.17, 15) is 0 Å². The Morgan fingerprint density at radius 2 is 0.873 bits per heavy atom. The average Bonchev–Trinajstić information content (AvgIpc) is 3.32. The molecule has 7 saturated carbocycles. The highest BCUT2D eigenvalue weighted by Crippen LogP contribution is 2.75. The van der Waals surface area contributed by atoms with Crippen LogP contribution in [0.3, 0.4) is 0 Å². The van der Waals surface area contributed by atoms with Crippen molar-refractivity contribution < 1.29 is 0 Å². The SMILES string of the molecule is CC(C)(C)c1ccc(N2c3ccc(C(C)(C)C)cc3B3c4cc5c(cc4N(c4ccc6c(c4)C(C)(C)CCC6(C)C)c4cc(C67CC8C9CC%10CC8C(C6)C(C%10)C9C7)cc2c43)C(C)(C)CCC5(C)C)cc1. The molecule has 3 heteroatoms. The first-order chi connectivity index (χ1) is 33.3. The van der Waals surface area contributed by atoms with Crippen molar-refractivity contribution in [2.24, 2.45) is 41.4 Å². The lowest BCUT2D eigenvalue weighted by Gasteiger charge is -2.72. The van der Waals surface area contributed by atoms with E-state index in [4.69, 9.17) is 0 Å². The van der Waals surface area contributed by atoms with Crippen LogP contribution in [0.25, 0.3) is 0 Å². The van der Waals surface area contributed by atoms with Crippen LogP contribution in [-0.2, 0) is 37.9 Å². The van der Waals surface area contributed by atoms with Gasteiger partial charge in [-0.05, 0) is 247 Å². The zero-order valence-corrected chi connectivity index (χ0v) is 46.2. The lowest BCUT2D eigenvalue weighted by atomic mass is 9.31. The molecule has 5 aromatic rings. The Morgan fingerprint density at radius 3 is 1.41 bits per heavy atom. The topological polar surface area (TPSA) is 6.48 Å². The lowest BCUT2D eigenvalue weighted by Crippen LogP contribution is -2.66. The summed E-state index contributed by atoms with van der Waals surface area (Å²) in [6, 6.07) is 36.4. The molecule has 11 aliphatic rings. The van der Waals surface area contributed by atoms with Crippen LogP contribution in [-0.4, -0.2) is 6.71 Å². The summed E-state index contributed by atoms with van der Waals surface area (Å²) in [5.74, 6) is 6.71. The number of hydrogen-bond acceptors (Lipinski definition) is 2. The van der Waals surface area contributed by atoms with Crippen LogP contribution < -0.4 is 26.2 Å². The predicted molar refractivity (Wildman–Crippen MR) is 302 cm³/mol. The van der Waals surface area contributed by atoms with Crippen LogP contribution in [0.5, 0.6) is 0 Å². The third kappa shape index (κ3) is 6.25. The van der Waals surface area contributed by atoms with E-state index in [0.717, 1.165) is 41.4 Å². The second kappa shape index (κ2) is 14.1. The van der Waals surface area contributed by atoms with E-state index < -0.39 is 0 Å². The van der Waals surface area contributed by atoms with Gasteiger partial charge in [-0.3, -0.25) is 0 Å². The molecule has 16 rings (SSSR count). The third-order valence-electron chi connectivity index (χ3n) is 22.6. The summed E-state index contributed by atoms with van der Waals surface area (Å²) in [6.45, 7) is 34.6. The minimum atomic E-state index is 0.00749. The van der Waals surface area contributed by atoms with Crippen molar-refractivity contribution in [2.75, 3.05) is 9.80 Å². The second-order valence-electron chi connectivity index (χ2n) is 30.5. The van der Waals surface area contributed by atoms with Crippen LogP contribution >= 0.6 is 0 Å². The molecule has 0 aromatic heterocycles. The summed E-state index contributed by atoms with van der Waals surface area (Å²) in [5, 5.41) is 0. The van der Waals surface area contributed by atoms with Gasteiger partial charge in [0.05, 0.1) is 0 Å². The van der Waals surface area contributed by atoms with Gasteiger partial charge in [0.15, 0.2) is 0 Å². The van der Waals surface area contributed by atoms with E-state index in [-0.39, 0.29) is 44.6 Å². The van der Waals surface area contributed by atoms with Crippen molar-refractivity contribution in [2.45, 2.75) is 199 Å². The molecule has 8 bridgehead atoms. The molecule has 2 aliphatic heterocycles. The summed E-state index contributed by atoms with van der Waals surface area (Å²) in [4.78, 5) is 5.61. The minimum Gasteiger partial charge on any atom is -0.311 e. The highest BCUT2D eigenvalue weighted by molar-refractivity contribution is 7.00. The number of fused-ring (bicyclic) bond motifs is 6. The molecule has 2 nitrogen and oxygen atoms in total. The maximum absolute atomic E-state index is 2.86. The zero-order valence-electron chi connectivity index (χ0n) is 46.2. The van der Waals surface area contributed by atoms with Gasteiger partial charge in [-0.15, -0.1) is 0 Å². The summed E-state index contributed by atoms with van der Waals surface area (Å²) in [5.41, 5.74) is 24.1. The van der Waals surface area contributed by atoms with Crippen LogP contribution in [0.15, 0.2) is 84.9 Å². The fourth-order valence-electron chi connectivity index (χ4n) is 18.5. The first-order valence-corrected chi connectivity index (χ1v) is 28.7. The summed E-state index contributed by atoms with van der Waals surface area (Å²) in [7, 11) is 0. The Kier molecular flexibility index (Phi) is 9.03. The molecule has 2 heterocycles. The Bertz CT molecular complexity index is 3030. The average molecular weight is 939 g/mol. The van der Waals surface area contributed by atoms with E-state index in [0.29, 0.717) is 0 Å².